The third-order valence-corrected chi connectivity index (χ3v) is 3.93. The standard InChI is InChI=1S/C17H20ClN3O3/c1-5-14(21-11(3)8-10(2)19-17(21)23)16(22)20-13-9-12(18)6-7-15(13)24-4/h6-9,14H,5H2,1-4H3,(H,20,22). The number of carbonyl (C=O) groups excluding carboxylic acids is 1. The summed E-state index contributed by atoms with van der Waals surface area (Å²) in [6, 6.07) is 6.05. The first-order chi connectivity index (χ1) is 11.4. The molecule has 6 nitrogen and oxygen atoms in total. The SMILES string of the molecule is CCC(C(=O)Nc1cc(Cl)ccc1OC)n1c(C)cc(C)nc1=O. The molecule has 0 aliphatic heterocycles. The Bertz CT molecular complexity index is 817. The van der Waals surface area contributed by atoms with E-state index < -0.39 is 11.7 Å². The molecule has 1 atom stereocenters. The predicted octanol–water partition coefficient (Wildman–Crippen LogP) is 3.11. The van der Waals surface area contributed by atoms with E-state index in [0.29, 0.717) is 34.3 Å². The minimum Gasteiger partial charge on any atom is -0.495 e. The monoisotopic (exact) mass is 349 g/mol. The van der Waals surface area contributed by atoms with Crippen LogP contribution in [-0.2, 0) is 4.79 Å². The number of anilines is 1. The molecular weight excluding hydrogens is 330 g/mol. The molecule has 2 aromatic rings. The molecule has 1 unspecified atom stereocenters. The number of benzene rings is 1. The molecule has 0 aliphatic carbocycles. The summed E-state index contributed by atoms with van der Waals surface area (Å²) in [6.07, 6.45) is 0.445. The highest BCUT2D eigenvalue weighted by molar-refractivity contribution is 6.31. The van der Waals surface area contributed by atoms with E-state index in [2.05, 4.69) is 10.3 Å². The van der Waals surface area contributed by atoms with Crippen LogP contribution in [0.5, 0.6) is 5.75 Å². The smallest absolute Gasteiger partial charge is 0.348 e. The fraction of sp³-hybridized carbons (Fsp3) is 0.353. The molecule has 24 heavy (non-hydrogen) atoms. The summed E-state index contributed by atoms with van der Waals surface area (Å²) in [5, 5.41) is 3.26. The molecule has 1 heterocycles. The second-order valence-corrected chi connectivity index (χ2v) is 5.89. The number of nitrogens with one attached hydrogen (secondary N) is 1. The maximum atomic E-state index is 12.7. The molecule has 1 aromatic carbocycles. The third-order valence-electron chi connectivity index (χ3n) is 3.70. The number of halogens is 1. The van der Waals surface area contributed by atoms with Crippen LogP contribution in [0.15, 0.2) is 29.1 Å². The summed E-state index contributed by atoms with van der Waals surface area (Å²) >= 11 is 5.98. The van der Waals surface area contributed by atoms with Crippen molar-refractivity contribution in [1.82, 2.24) is 9.55 Å². The number of nitrogens with zero attached hydrogens (tertiary/aromatic N) is 2. The summed E-state index contributed by atoms with van der Waals surface area (Å²) in [4.78, 5) is 28.9. The Labute approximate surface area is 145 Å². The van der Waals surface area contributed by atoms with Crippen molar-refractivity contribution in [2.24, 2.45) is 0 Å². The van der Waals surface area contributed by atoms with E-state index in [1.54, 1.807) is 38.1 Å². The zero-order valence-corrected chi connectivity index (χ0v) is 14.8. The van der Waals surface area contributed by atoms with E-state index in [0.717, 1.165) is 0 Å². The van der Waals surface area contributed by atoms with Crippen molar-refractivity contribution >= 4 is 23.2 Å². The molecule has 0 radical (unpaired) electrons. The Morgan fingerprint density at radius 1 is 1.38 bits per heavy atom. The number of methoxy groups -OCH3 is 1. The number of aromatic nitrogens is 2. The highest BCUT2D eigenvalue weighted by Gasteiger charge is 2.23. The summed E-state index contributed by atoms with van der Waals surface area (Å²) in [7, 11) is 1.51. The molecule has 0 bridgehead atoms. The van der Waals surface area contributed by atoms with Crippen LogP contribution in [0.4, 0.5) is 5.69 Å². The van der Waals surface area contributed by atoms with Gasteiger partial charge in [-0.15, -0.1) is 0 Å². The zero-order chi connectivity index (χ0) is 17.9. The lowest BCUT2D eigenvalue weighted by atomic mass is 10.1. The Morgan fingerprint density at radius 2 is 2.08 bits per heavy atom. The van der Waals surface area contributed by atoms with Crippen molar-refractivity contribution < 1.29 is 9.53 Å². The van der Waals surface area contributed by atoms with Gasteiger partial charge >= 0.3 is 5.69 Å². The summed E-state index contributed by atoms with van der Waals surface area (Å²) < 4.78 is 6.63. The van der Waals surface area contributed by atoms with E-state index in [9.17, 15) is 9.59 Å². The van der Waals surface area contributed by atoms with Gasteiger partial charge in [0.25, 0.3) is 0 Å². The van der Waals surface area contributed by atoms with Crippen LogP contribution in [0.3, 0.4) is 0 Å². The molecule has 1 amide bonds. The molecule has 1 aromatic heterocycles. The van der Waals surface area contributed by atoms with Gasteiger partial charge in [-0.05, 0) is 44.5 Å². The molecule has 0 spiro atoms. The van der Waals surface area contributed by atoms with Crippen molar-refractivity contribution in [3.63, 3.8) is 0 Å². The summed E-state index contributed by atoms with van der Waals surface area (Å²) in [5.41, 5.74) is 1.33. The van der Waals surface area contributed by atoms with Crippen molar-refractivity contribution in [3.05, 3.63) is 51.2 Å². The molecule has 1 N–H and O–H groups in total. The quantitative estimate of drug-likeness (QED) is 0.900. The van der Waals surface area contributed by atoms with Crippen molar-refractivity contribution in [1.29, 1.82) is 0 Å². The Hall–Kier alpha value is -2.34. The largest absolute Gasteiger partial charge is 0.495 e. The van der Waals surface area contributed by atoms with Gasteiger partial charge in [-0.2, -0.15) is 4.98 Å². The van der Waals surface area contributed by atoms with Gasteiger partial charge in [0.15, 0.2) is 0 Å². The number of carbonyl (C=O) groups is 1. The second-order valence-electron chi connectivity index (χ2n) is 5.45. The van der Waals surface area contributed by atoms with Gasteiger partial charge in [0.1, 0.15) is 11.8 Å². The minimum atomic E-state index is -0.672. The predicted molar refractivity (Wildman–Crippen MR) is 93.9 cm³/mol. The van der Waals surface area contributed by atoms with Crippen LogP contribution in [0.25, 0.3) is 0 Å². The molecule has 128 valence electrons. The number of hydrogen-bond acceptors (Lipinski definition) is 4. The Balaban J connectivity index is 2.38. The topological polar surface area (TPSA) is 73.2 Å². The average Bonchev–Trinajstić information content (AvgIpc) is 2.50. The highest BCUT2D eigenvalue weighted by Crippen LogP contribution is 2.28. The maximum Gasteiger partial charge on any atom is 0.348 e. The van der Waals surface area contributed by atoms with Gasteiger partial charge in [0.2, 0.25) is 5.91 Å². The maximum absolute atomic E-state index is 12.7. The van der Waals surface area contributed by atoms with E-state index >= 15 is 0 Å². The molecule has 0 aliphatic rings. The number of aryl methyl sites for hydroxylation is 2. The van der Waals surface area contributed by atoms with Gasteiger partial charge in [0.05, 0.1) is 12.8 Å². The van der Waals surface area contributed by atoms with Crippen LogP contribution < -0.4 is 15.7 Å². The average molecular weight is 350 g/mol. The zero-order valence-electron chi connectivity index (χ0n) is 14.1. The van der Waals surface area contributed by atoms with Crippen LogP contribution in [0.2, 0.25) is 5.02 Å². The van der Waals surface area contributed by atoms with E-state index in [1.807, 2.05) is 6.92 Å². The third kappa shape index (κ3) is 3.76. The van der Waals surface area contributed by atoms with Crippen molar-refractivity contribution in [2.75, 3.05) is 12.4 Å². The molecule has 0 saturated carbocycles. The Kier molecular flexibility index (Phi) is 5.62. The first kappa shape index (κ1) is 18.0. The minimum absolute atomic E-state index is 0.325. The number of amides is 1. The van der Waals surface area contributed by atoms with Gasteiger partial charge in [-0.1, -0.05) is 18.5 Å². The number of hydrogen-bond donors (Lipinski definition) is 1. The van der Waals surface area contributed by atoms with Gasteiger partial charge in [-0.25, -0.2) is 4.79 Å². The summed E-state index contributed by atoms with van der Waals surface area (Å²) in [6.45, 7) is 5.37. The van der Waals surface area contributed by atoms with Gasteiger partial charge in [-0.3, -0.25) is 9.36 Å². The van der Waals surface area contributed by atoms with Gasteiger partial charge < -0.3 is 10.1 Å². The lowest BCUT2D eigenvalue weighted by molar-refractivity contribution is -0.119. The van der Waals surface area contributed by atoms with Crippen LogP contribution in [-0.4, -0.2) is 22.6 Å². The number of ether oxygens (including phenoxy) is 1. The lowest BCUT2D eigenvalue weighted by Crippen LogP contribution is -2.36. The van der Waals surface area contributed by atoms with Crippen LogP contribution >= 0.6 is 11.6 Å². The molecule has 7 heteroatoms. The van der Waals surface area contributed by atoms with E-state index in [1.165, 1.54) is 11.7 Å². The fourth-order valence-electron chi connectivity index (χ4n) is 2.62. The van der Waals surface area contributed by atoms with Crippen molar-refractivity contribution in [3.8, 4) is 5.75 Å². The van der Waals surface area contributed by atoms with E-state index in [4.69, 9.17) is 16.3 Å². The second kappa shape index (κ2) is 7.49. The fourth-order valence-corrected chi connectivity index (χ4v) is 2.79. The van der Waals surface area contributed by atoms with Crippen molar-refractivity contribution in [2.45, 2.75) is 33.2 Å². The molecular formula is C17H20ClN3O3. The molecule has 0 fully saturated rings. The first-order valence-electron chi connectivity index (χ1n) is 7.58. The normalized spacial score (nSPS) is 11.9. The number of rotatable bonds is 5. The first-order valence-corrected chi connectivity index (χ1v) is 7.96. The van der Waals surface area contributed by atoms with Crippen LogP contribution in [0, 0.1) is 13.8 Å². The van der Waals surface area contributed by atoms with Gasteiger partial charge in [0, 0.05) is 16.4 Å². The van der Waals surface area contributed by atoms with Crippen LogP contribution in [0.1, 0.15) is 30.8 Å². The van der Waals surface area contributed by atoms with E-state index in [-0.39, 0.29) is 5.91 Å². The highest BCUT2D eigenvalue weighted by atomic mass is 35.5. The molecule has 0 saturated heterocycles. The summed E-state index contributed by atoms with van der Waals surface area (Å²) in [5.74, 6) is 0.169. The lowest BCUT2D eigenvalue weighted by Gasteiger charge is -2.20. The Morgan fingerprint density at radius 3 is 2.67 bits per heavy atom. The molecule has 2 rings (SSSR count).